The number of anilines is 2. The predicted molar refractivity (Wildman–Crippen MR) is 98.8 cm³/mol. The lowest BCUT2D eigenvalue weighted by Gasteiger charge is -2.53. The van der Waals surface area contributed by atoms with Gasteiger partial charge in [-0.2, -0.15) is 0 Å². The van der Waals surface area contributed by atoms with Crippen molar-refractivity contribution in [1.82, 2.24) is 0 Å². The molecule has 1 aromatic carbocycles. The molecule has 0 saturated heterocycles. The quantitative estimate of drug-likeness (QED) is 0.862. The van der Waals surface area contributed by atoms with E-state index in [1.54, 1.807) is 6.07 Å². The van der Waals surface area contributed by atoms with Gasteiger partial charge in [-0.15, -0.1) is 0 Å². The van der Waals surface area contributed by atoms with Crippen molar-refractivity contribution in [3.63, 3.8) is 0 Å². The van der Waals surface area contributed by atoms with E-state index in [9.17, 15) is 13.2 Å². The second kappa shape index (κ2) is 6.01. The van der Waals surface area contributed by atoms with Crippen molar-refractivity contribution in [3.05, 3.63) is 23.8 Å². The third kappa shape index (κ3) is 3.41. The number of hydrogen-bond donors (Lipinski definition) is 2. The van der Waals surface area contributed by atoms with Crippen molar-refractivity contribution in [2.24, 2.45) is 29.6 Å². The Bertz CT molecular complexity index is 775. The highest BCUT2D eigenvalue weighted by Crippen LogP contribution is 2.56. The smallest absolute Gasteiger partial charge is 0.229 e. The molecule has 4 fully saturated rings. The van der Waals surface area contributed by atoms with Crippen LogP contribution in [0.3, 0.4) is 0 Å². The summed E-state index contributed by atoms with van der Waals surface area (Å²) in [5.74, 6) is 3.00. The number of amides is 1. The Morgan fingerprint density at radius 1 is 1.04 bits per heavy atom. The van der Waals surface area contributed by atoms with E-state index in [4.69, 9.17) is 0 Å². The van der Waals surface area contributed by atoms with Crippen LogP contribution >= 0.6 is 0 Å². The van der Waals surface area contributed by atoms with Crippen LogP contribution in [0.4, 0.5) is 11.4 Å². The summed E-state index contributed by atoms with van der Waals surface area (Å²) in [6.45, 7) is 1.84. The summed E-state index contributed by atoms with van der Waals surface area (Å²) in [4.78, 5) is 12.9. The third-order valence-corrected chi connectivity index (χ3v) is 6.92. The molecule has 0 spiro atoms. The van der Waals surface area contributed by atoms with Gasteiger partial charge in [0.05, 0.1) is 11.9 Å². The molecular weight excluding hydrogens is 336 g/mol. The molecule has 5 rings (SSSR count). The van der Waals surface area contributed by atoms with Gasteiger partial charge in [0.2, 0.25) is 15.9 Å². The molecule has 25 heavy (non-hydrogen) atoms. The summed E-state index contributed by atoms with van der Waals surface area (Å²) < 4.78 is 25.5. The highest BCUT2D eigenvalue weighted by molar-refractivity contribution is 7.92. The largest absolute Gasteiger partial charge is 0.326 e. The Morgan fingerprint density at radius 2 is 1.64 bits per heavy atom. The van der Waals surface area contributed by atoms with Crippen molar-refractivity contribution < 1.29 is 13.2 Å². The molecule has 0 aliphatic heterocycles. The third-order valence-electron chi connectivity index (χ3n) is 6.33. The van der Waals surface area contributed by atoms with Gasteiger partial charge < -0.3 is 5.32 Å². The number of carbonyl (C=O) groups is 1. The fraction of sp³-hybridized carbons (Fsp3) is 0.632. The molecule has 4 saturated carbocycles. The molecular formula is C19H26N2O3S. The average Bonchev–Trinajstić information content (AvgIpc) is 2.48. The molecule has 4 aliphatic carbocycles. The highest BCUT2D eigenvalue weighted by Gasteiger charge is 2.50. The highest BCUT2D eigenvalue weighted by atomic mass is 32.2. The molecule has 5 nitrogen and oxygen atoms in total. The van der Waals surface area contributed by atoms with Crippen molar-refractivity contribution >= 4 is 27.3 Å². The lowest BCUT2D eigenvalue weighted by atomic mass is 9.51. The Balaban J connectivity index is 1.50. The van der Waals surface area contributed by atoms with Gasteiger partial charge in [0, 0.05) is 11.6 Å². The minimum atomic E-state index is -3.34. The standard InChI is InChI=1S/C19H26N2O3S/c1-11-3-4-16(10-17(11)21-25(2,23)24)20-19(22)18-14-6-12-5-13(8-14)9-15(18)7-12/h3-4,10,12-15,18,21H,5-9H2,1-2H3,(H,20,22). The molecule has 0 atom stereocenters. The maximum absolute atomic E-state index is 12.9. The maximum atomic E-state index is 12.9. The molecule has 2 N–H and O–H groups in total. The Kier molecular flexibility index (Phi) is 4.06. The summed E-state index contributed by atoms with van der Waals surface area (Å²) >= 11 is 0. The van der Waals surface area contributed by atoms with Gasteiger partial charge in [0.1, 0.15) is 0 Å². The van der Waals surface area contributed by atoms with Gasteiger partial charge in [-0.3, -0.25) is 9.52 Å². The normalized spacial score (nSPS) is 33.3. The Morgan fingerprint density at radius 3 is 2.20 bits per heavy atom. The van der Waals surface area contributed by atoms with Gasteiger partial charge in [0.15, 0.2) is 0 Å². The lowest BCUT2D eigenvalue weighted by molar-refractivity contribution is -0.132. The topological polar surface area (TPSA) is 75.3 Å². The molecule has 0 unspecified atom stereocenters. The number of hydrogen-bond acceptors (Lipinski definition) is 3. The molecule has 1 aromatic rings. The van der Waals surface area contributed by atoms with Gasteiger partial charge in [-0.1, -0.05) is 6.07 Å². The van der Waals surface area contributed by atoms with Crippen LogP contribution < -0.4 is 10.0 Å². The van der Waals surface area contributed by atoms with E-state index in [-0.39, 0.29) is 11.8 Å². The predicted octanol–water partition coefficient (Wildman–Crippen LogP) is 3.38. The minimum Gasteiger partial charge on any atom is -0.326 e. The number of aryl methyl sites for hydroxylation is 1. The molecule has 136 valence electrons. The van der Waals surface area contributed by atoms with Crippen LogP contribution in [0, 0.1) is 36.5 Å². The van der Waals surface area contributed by atoms with E-state index in [2.05, 4.69) is 10.0 Å². The summed E-state index contributed by atoms with van der Waals surface area (Å²) in [5, 5.41) is 3.05. The first-order valence-corrected chi connectivity index (χ1v) is 11.1. The van der Waals surface area contributed by atoms with E-state index in [0.717, 1.165) is 23.7 Å². The molecule has 4 aliphatic rings. The summed E-state index contributed by atoms with van der Waals surface area (Å²) in [7, 11) is -3.34. The van der Waals surface area contributed by atoms with Crippen LogP contribution in [0.1, 0.15) is 37.7 Å². The fourth-order valence-corrected chi connectivity index (χ4v) is 6.21. The lowest BCUT2D eigenvalue weighted by Crippen LogP contribution is -2.49. The van der Waals surface area contributed by atoms with Gasteiger partial charge in [-0.05, 0) is 80.4 Å². The average molecular weight is 362 g/mol. The zero-order chi connectivity index (χ0) is 17.8. The van der Waals surface area contributed by atoms with Crippen LogP contribution in [0.15, 0.2) is 18.2 Å². The molecule has 1 amide bonds. The fourth-order valence-electron chi connectivity index (χ4n) is 5.59. The Labute approximate surface area is 149 Å². The van der Waals surface area contributed by atoms with Crippen molar-refractivity contribution in [3.8, 4) is 0 Å². The number of benzene rings is 1. The van der Waals surface area contributed by atoms with Crippen molar-refractivity contribution in [2.45, 2.75) is 39.0 Å². The first kappa shape index (κ1) is 16.9. The molecule has 4 bridgehead atoms. The first-order chi connectivity index (χ1) is 11.8. The first-order valence-electron chi connectivity index (χ1n) is 9.18. The molecule has 0 radical (unpaired) electrons. The van der Waals surface area contributed by atoms with E-state index in [1.165, 1.54) is 32.1 Å². The molecule has 0 aromatic heterocycles. The zero-order valence-electron chi connectivity index (χ0n) is 14.8. The number of sulfonamides is 1. The van der Waals surface area contributed by atoms with E-state index >= 15 is 0 Å². The minimum absolute atomic E-state index is 0.114. The number of rotatable bonds is 4. The monoisotopic (exact) mass is 362 g/mol. The van der Waals surface area contributed by atoms with Crippen LogP contribution in [0.25, 0.3) is 0 Å². The Hall–Kier alpha value is -1.56. The van der Waals surface area contributed by atoms with Crippen molar-refractivity contribution in [2.75, 3.05) is 16.3 Å². The van der Waals surface area contributed by atoms with E-state index in [1.807, 2.05) is 19.1 Å². The molecule has 0 heterocycles. The van der Waals surface area contributed by atoms with Crippen LogP contribution in [-0.4, -0.2) is 20.6 Å². The van der Waals surface area contributed by atoms with E-state index < -0.39 is 10.0 Å². The van der Waals surface area contributed by atoms with Crippen LogP contribution in [-0.2, 0) is 14.8 Å². The van der Waals surface area contributed by atoms with E-state index in [0.29, 0.717) is 23.2 Å². The SMILES string of the molecule is Cc1ccc(NC(=O)C2C3CC4CC(C3)CC2C4)cc1NS(C)(=O)=O. The summed E-state index contributed by atoms with van der Waals surface area (Å²) in [6, 6.07) is 5.39. The van der Waals surface area contributed by atoms with Gasteiger partial charge >= 0.3 is 0 Å². The maximum Gasteiger partial charge on any atom is 0.229 e. The number of nitrogens with one attached hydrogen (secondary N) is 2. The van der Waals surface area contributed by atoms with Gasteiger partial charge in [0.25, 0.3) is 0 Å². The number of carbonyl (C=O) groups excluding carboxylic acids is 1. The molecule has 6 heteroatoms. The van der Waals surface area contributed by atoms with Crippen molar-refractivity contribution in [1.29, 1.82) is 0 Å². The second-order valence-corrected chi connectivity index (χ2v) is 10.1. The zero-order valence-corrected chi connectivity index (χ0v) is 15.6. The van der Waals surface area contributed by atoms with Crippen LogP contribution in [0.2, 0.25) is 0 Å². The summed E-state index contributed by atoms with van der Waals surface area (Å²) in [6.07, 6.45) is 7.34. The summed E-state index contributed by atoms with van der Waals surface area (Å²) in [5.41, 5.74) is 2.01. The second-order valence-electron chi connectivity index (χ2n) is 8.35. The van der Waals surface area contributed by atoms with Crippen LogP contribution in [0.5, 0.6) is 0 Å². The van der Waals surface area contributed by atoms with Gasteiger partial charge in [-0.25, -0.2) is 8.42 Å².